The van der Waals surface area contributed by atoms with Crippen molar-refractivity contribution in [3.63, 3.8) is 0 Å². The lowest BCUT2D eigenvalue weighted by molar-refractivity contribution is -0.180. The minimum absolute atomic E-state index is 0.0624. The molecule has 2 N–H and O–H groups in total. The molecule has 0 saturated carbocycles. The summed E-state index contributed by atoms with van der Waals surface area (Å²) in [5, 5.41) is 4.69. The summed E-state index contributed by atoms with van der Waals surface area (Å²) >= 11 is 0. The highest BCUT2D eigenvalue weighted by Crippen LogP contribution is 2.33. The van der Waals surface area contributed by atoms with Gasteiger partial charge in [-0.3, -0.25) is 9.59 Å². The Balaban J connectivity index is 4.31. The molecule has 0 radical (unpaired) electrons. The van der Waals surface area contributed by atoms with Crippen LogP contribution < -0.4 is 10.6 Å². The Kier molecular flexibility index (Phi) is 6.91. The maximum Gasteiger partial charge on any atom is 0.409 e. The van der Waals surface area contributed by atoms with Crippen LogP contribution in [0.4, 0.5) is 13.2 Å². The molecule has 0 aliphatic rings. The van der Waals surface area contributed by atoms with E-state index in [1.165, 1.54) is 20.8 Å². The number of alkyl halides is 3. The van der Waals surface area contributed by atoms with Crippen molar-refractivity contribution >= 4 is 11.8 Å². The number of hydrogen-bond donors (Lipinski definition) is 2. The smallest absolute Gasteiger partial charge is 0.356 e. The quantitative estimate of drug-likeness (QED) is 0.764. The van der Waals surface area contributed by atoms with Crippen LogP contribution in [0, 0.1) is 10.8 Å². The third-order valence-electron chi connectivity index (χ3n) is 3.05. The standard InChI is InChI=1S/C15H27F3N2O2/c1-13(2,3)11(15(16,17)18)20-10(21)8-7-9-19-12(22)14(4,5)6/h11H,7-9H2,1-6H3,(H,19,22)(H,20,21). The normalized spacial score (nSPS) is 14.4. The van der Waals surface area contributed by atoms with Crippen molar-refractivity contribution < 1.29 is 22.8 Å². The van der Waals surface area contributed by atoms with Crippen LogP contribution in [0.2, 0.25) is 0 Å². The number of carbonyl (C=O) groups excluding carboxylic acids is 2. The zero-order valence-electron chi connectivity index (χ0n) is 14.1. The monoisotopic (exact) mass is 324 g/mol. The average Bonchev–Trinajstić information content (AvgIpc) is 2.27. The van der Waals surface area contributed by atoms with E-state index in [0.717, 1.165) is 0 Å². The molecule has 0 spiro atoms. The predicted octanol–water partition coefficient (Wildman–Crippen LogP) is 3.02. The lowest BCUT2D eigenvalue weighted by Crippen LogP contribution is -2.53. The van der Waals surface area contributed by atoms with Crippen LogP contribution in [0.15, 0.2) is 0 Å². The summed E-state index contributed by atoms with van der Waals surface area (Å²) in [6, 6.07) is -1.89. The molecule has 0 aliphatic carbocycles. The van der Waals surface area contributed by atoms with Gasteiger partial charge in [-0.15, -0.1) is 0 Å². The van der Waals surface area contributed by atoms with Gasteiger partial charge in [-0.25, -0.2) is 0 Å². The Labute approximate surface area is 130 Å². The van der Waals surface area contributed by atoms with Crippen LogP contribution in [-0.2, 0) is 9.59 Å². The minimum Gasteiger partial charge on any atom is -0.356 e. The van der Waals surface area contributed by atoms with Gasteiger partial charge in [0.05, 0.1) is 0 Å². The molecular formula is C15H27F3N2O2. The molecule has 0 fully saturated rings. The summed E-state index contributed by atoms with van der Waals surface area (Å²) in [5.41, 5.74) is -1.65. The van der Waals surface area contributed by atoms with E-state index >= 15 is 0 Å². The highest BCUT2D eigenvalue weighted by Gasteiger charge is 2.47. The summed E-state index contributed by atoms with van der Waals surface area (Å²) in [6.45, 7) is 9.81. The van der Waals surface area contributed by atoms with Gasteiger partial charge in [-0.05, 0) is 11.8 Å². The second-order valence-corrected chi connectivity index (χ2v) is 7.52. The van der Waals surface area contributed by atoms with Crippen LogP contribution in [0.5, 0.6) is 0 Å². The van der Waals surface area contributed by atoms with Crippen LogP contribution >= 0.6 is 0 Å². The molecule has 0 rings (SSSR count). The summed E-state index contributed by atoms with van der Waals surface area (Å²) in [5.74, 6) is -0.821. The summed E-state index contributed by atoms with van der Waals surface area (Å²) in [7, 11) is 0. The van der Waals surface area contributed by atoms with Crippen molar-refractivity contribution in [1.29, 1.82) is 0 Å². The van der Waals surface area contributed by atoms with Gasteiger partial charge in [0.25, 0.3) is 0 Å². The average molecular weight is 324 g/mol. The van der Waals surface area contributed by atoms with Gasteiger partial charge in [0.15, 0.2) is 0 Å². The van der Waals surface area contributed by atoms with E-state index < -0.39 is 29.0 Å². The van der Waals surface area contributed by atoms with Crippen molar-refractivity contribution in [1.82, 2.24) is 10.6 Å². The van der Waals surface area contributed by atoms with E-state index in [4.69, 9.17) is 0 Å². The zero-order valence-corrected chi connectivity index (χ0v) is 14.1. The number of halogens is 3. The van der Waals surface area contributed by atoms with Gasteiger partial charge < -0.3 is 10.6 Å². The largest absolute Gasteiger partial charge is 0.409 e. The molecule has 1 atom stereocenters. The fourth-order valence-corrected chi connectivity index (χ4v) is 1.74. The lowest BCUT2D eigenvalue weighted by Gasteiger charge is -2.33. The SMILES string of the molecule is CC(C)(C)C(=O)NCCCC(=O)NC(C(C)(C)C)C(F)(F)F. The summed E-state index contributed by atoms with van der Waals surface area (Å²) in [4.78, 5) is 23.3. The Hall–Kier alpha value is -1.27. The molecule has 0 heterocycles. The van der Waals surface area contributed by atoms with Crippen LogP contribution in [0.1, 0.15) is 54.4 Å². The molecule has 0 aromatic carbocycles. The van der Waals surface area contributed by atoms with E-state index in [2.05, 4.69) is 5.32 Å². The second kappa shape index (κ2) is 7.33. The van der Waals surface area contributed by atoms with E-state index in [1.54, 1.807) is 20.8 Å². The Morgan fingerprint density at radius 1 is 1.00 bits per heavy atom. The van der Waals surface area contributed by atoms with Gasteiger partial charge in [-0.2, -0.15) is 13.2 Å². The molecule has 0 bridgehead atoms. The molecule has 7 heteroatoms. The predicted molar refractivity (Wildman–Crippen MR) is 79.1 cm³/mol. The van der Waals surface area contributed by atoms with Crippen LogP contribution in [-0.4, -0.2) is 30.6 Å². The van der Waals surface area contributed by atoms with Gasteiger partial charge >= 0.3 is 6.18 Å². The van der Waals surface area contributed by atoms with E-state index in [-0.39, 0.29) is 18.9 Å². The summed E-state index contributed by atoms with van der Waals surface area (Å²) < 4.78 is 38.8. The van der Waals surface area contributed by atoms with Crippen LogP contribution in [0.3, 0.4) is 0 Å². The first kappa shape index (κ1) is 20.7. The van der Waals surface area contributed by atoms with Gasteiger partial charge in [0, 0.05) is 18.4 Å². The van der Waals surface area contributed by atoms with E-state index in [1.807, 2.05) is 5.32 Å². The number of amides is 2. The minimum atomic E-state index is -4.49. The van der Waals surface area contributed by atoms with E-state index in [9.17, 15) is 22.8 Å². The Morgan fingerprint density at radius 2 is 1.50 bits per heavy atom. The highest BCUT2D eigenvalue weighted by atomic mass is 19.4. The van der Waals surface area contributed by atoms with Crippen molar-refractivity contribution in [3.8, 4) is 0 Å². The molecule has 4 nitrogen and oxygen atoms in total. The summed E-state index contributed by atoms with van der Waals surface area (Å²) in [6.07, 6.45) is -4.26. The van der Waals surface area contributed by atoms with E-state index in [0.29, 0.717) is 6.42 Å². The molecule has 0 saturated heterocycles. The number of rotatable bonds is 5. The molecule has 0 aliphatic heterocycles. The molecule has 1 unspecified atom stereocenters. The van der Waals surface area contributed by atoms with Gasteiger partial charge in [0.1, 0.15) is 6.04 Å². The topological polar surface area (TPSA) is 58.2 Å². The number of carbonyl (C=O) groups is 2. The maximum absolute atomic E-state index is 12.9. The number of nitrogens with one attached hydrogen (secondary N) is 2. The highest BCUT2D eigenvalue weighted by molar-refractivity contribution is 5.81. The zero-order chi connectivity index (χ0) is 17.8. The Bertz CT molecular complexity index is 379. The molecule has 0 aromatic rings. The van der Waals surface area contributed by atoms with Crippen molar-refractivity contribution in [2.24, 2.45) is 10.8 Å². The van der Waals surface area contributed by atoms with Crippen molar-refractivity contribution in [2.75, 3.05) is 6.54 Å². The first-order valence-electron chi connectivity index (χ1n) is 7.30. The van der Waals surface area contributed by atoms with Gasteiger partial charge in [-0.1, -0.05) is 41.5 Å². The first-order chi connectivity index (χ1) is 9.65. The third-order valence-corrected chi connectivity index (χ3v) is 3.05. The Morgan fingerprint density at radius 3 is 1.86 bits per heavy atom. The molecule has 0 aromatic heterocycles. The maximum atomic E-state index is 12.9. The van der Waals surface area contributed by atoms with Gasteiger partial charge in [0.2, 0.25) is 11.8 Å². The van der Waals surface area contributed by atoms with Crippen LogP contribution in [0.25, 0.3) is 0 Å². The fraction of sp³-hybridized carbons (Fsp3) is 0.867. The second-order valence-electron chi connectivity index (χ2n) is 7.52. The van der Waals surface area contributed by atoms with Crippen molar-refractivity contribution in [2.45, 2.75) is 66.6 Å². The molecule has 130 valence electrons. The third kappa shape index (κ3) is 7.66. The fourth-order valence-electron chi connectivity index (χ4n) is 1.74. The first-order valence-corrected chi connectivity index (χ1v) is 7.30. The number of hydrogen-bond acceptors (Lipinski definition) is 2. The molecule has 22 heavy (non-hydrogen) atoms. The molecule has 2 amide bonds. The van der Waals surface area contributed by atoms with Crippen molar-refractivity contribution in [3.05, 3.63) is 0 Å². The lowest BCUT2D eigenvalue weighted by atomic mass is 9.86. The molecular weight excluding hydrogens is 297 g/mol.